The topological polar surface area (TPSA) is 66.5 Å². The first-order chi connectivity index (χ1) is 7.09. The Labute approximate surface area is 91.0 Å². The maximum atomic E-state index is 3.95. The van der Waals surface area contributed by atoms with E-state index in [9.17, 15) is 0 Å². The Balaban J connectivity index is 2.28. The van der Waals surface area contributed by atoms with Crippen LogP contribution in [0.1, 0.15) is 52.4 Å². The van der Waals surface area contributed by atoms with E-state index in [2.05, 4.69) is 53.6 Å². The molecular formula is C10H21N5. The Morgan fingerprint density at radius 1 is 1.20 bits per heavy atom. The summed E-state index contributed by atoms with van der Waals surface area (Å²) in [5.74, 6) is 1.49. The quantitative estimate of drug-likeness (QED) is 0.751. The summed E-state index contributed by atoms with van der Waals surface area (Å²) in [6.45, 7) is 8.74. The normalized spacial score (nSPS) is 15.5. The zero-order valence-corrected chi connectivity index (χ0v) is 9.99. The summed E-state index contributed by atoms with van der Waals surface area (Å²) in [4.78, 5) is 0. The number of hydrogen-bond donors (Lipinski definition) is 2. The Bertz CT molecular complexity index is 257. The van der Waals surface area contributed by atoms with Gasteiger partial charge in [-0.3, -0.25) is 0 Å². The molecule has 0 fully saturated rings. The summed E-state index contributed by atoms with van der Waals surface area (Å²) in [5.41, 5.74) is 0. The van der Waals surface area contributed by atoms with Crippen LogP contribution in [0, 0.1) is 5.92 Å². The summed E-state index contributed by atoms with van der Waals surface area (Å²) in [7, 11) is 0. The lowest BCUT2D eigenvalue weighted by Crippen LogP contribution is -2.29. The Hall–Kier alpha value is -0.970. The van der Waals surface area contributed by atoms with Gasteiger partial charge in [0.2, 0.25) is 0 Å². The van der Waals surface area contributed by atoms with Gasteiger partial charge in [-0.25, -0.2) is 0 Å². The molecule has 0 bridgehead atoms. The SMILES string of the molecule is CC(C)CCC(C)NC(C)c1nn[nH]n1. The van der Waals surface area contributed by atoms with Crippen LogP contribution >= 0.6 is 0 Å². The van der Waals surface area contributed by atoms with Crippen LogP contribution in [-0.4, -0.2) is 26.7 Å². The summed E-state index contributed by atoms with van der Waals surface area (Å²) >= 11 is 0. The molecule has 0 saturated carbocycles. The number of nitrogens with zero attached hydrogens (tertiary/aromatic N) is 3. The van der Waals surface area contributed by atoms with Gasteiger partial charge in [0.15, 0.2) is 5.82 Å². The van der Waals surface area contributed by atoms with Gasteiger partial charge in [-0.15, -0.1) is 10.2 Å². The molecule has 0 aromatic carbocycles. The molecule has 2 unspecified atom stereocenters. The highest BCUT2D eigenvalue weighted by Gasteiger charge is 2.13. The largest absolute Gasteiger partial charge is 0.305 e. The van der Waals surface area contributed by atoms with Gasteiger partial charge in [-0.05, 0) is 32.6 Å². The minimum Gasteiger partial charge on any atom is -0.305 e. The van der Waals surface area contributed by atoms with E-state index in [-0.39, 0.29) is 6.04 Å². The second kappa shape index (κ2) is 5.80. The maximum absolute atomic E-state index is 3.95. The fourth-order valence-corrected chi connectivity index (χ4v) is 1.52. The number of tetrazole rings is 1. The zero-order chi connectivity index (χ0) is 11.3. The summed E-state index contributed by atoms with van der Waals surface area (Å²) in [6.07, 6.45) is 2.42. The first-order valence-electron chi connectivity index (χ1n) is 5.59. The minimum atomic E-state index is 0.158. The lowest BCUT2D eigenvalue weighted by Gasteiger charge is -2.18. The molecule has 2 N–H and O–H groups in total. The van der Waals surface area contributed by atoms with Gasteiger partial charge in [0.05, 0.1) is 6.04 Å². The molecule has 0 amide bonds. The second-order valence-corrected chi connectivity index (χ2v) is 4.53. The van der Waals surface area contributed by atoms with Crippen molar-refractivity contribution in [2.45, 2.75) is 52.6 Å². The highest BCUT2D eigenvalue weighted by Crippen LogP contribution is 2.10. The monoisotopic (exact) mass is 211 g/mol. The predicted molar refractivity (Wildman–Crippen MR) is 59.3 cm³/mol. The number of H-pyrrole nitrogens is 1. The molecule has 0 spiro atoms. The lowest BCUT2D eigenvalue weighted by atomic mass is 10.0. The third-order valence-corrected chi connectivity index (χ3v) is 2.46. The summed E-state index contributed by atoms with van der Waals surface area (Å²) in [5, 5.41) is 17.4. The van der Waals surface area contributed by atoms with Crippen LogP contribution in [-0.2, 0) is 0 Å². The van der Waals surface area contributed by atoms with E-state index in [4.69, 9.17) is 0 Å². The first kappa shape index (κ1) is 12.1. The molecule has 2 atom stereocenters. The van der Waals surface area contributed by atoms with Crippen LogP contribution in [0.25, 0.3) is 0 Å². The molecule has 15 heavy (non-hydrogen) atoms. The number of aromatic amines is 1. The molecule has 1 rings (SSSR count). The second-order valence-electron chi connectivity index (χ2n) is 4.53. The van der Waals surface area contributed by atoms with Gasteiger partial charge in [-0.1, -0.05) is 19.1 Å². The van der Waals surface area contributed by atoms with Crippen molar-refractivity contribution >= 4 is 0 Å². The van der Waals surface area contributed by atoms with Crippen molar-refractivity contribution in [3.8, 4) is 0 Å². The molecule has 86 valence electrons. The van der Waals surface area contributed by atoms with Crippen molar-refractivity contribution in [2.75, 3.05) is 0 Å². The molecule has 1 aromatic rings. The van der Waals surface area contributed by atoms with E-state index in [1.54, 1.807) is 0 Å². The van der Waals surface area contributed by atoms with Crippen molar-refractivity contribution in [1.82, 2.24) is 25.9 Å². The lowest BCUT2D eigenvalue weighted by molar-refractivity contribution is 0.409. The van der Waals surface area contributed by atoms with Crippen LogP contribution < -0.4 is 5.32 Å². The summed E-state index contributed by atoms with van der Waals surface area (Å²) in [6, 6.07) is 0.645. The molecule has 1 heterocycles. The Morgan fingerprint density at radius 2 is 1.93 bits per heavy atom. The number of aromatic nitrogens is 4. The van der Waals surface area contributed by atoms with E-state index in [1.165, 1.54) is 12.8 Å². The molecule has 5 nitrogen and oxygen atoms in total. The van der Waals surface area contributed by atoms with Gasteiger partial charge >= 0.3 is 0 Å². The van der Waals surface area contributed by atoms with Gasteiger partial charge < -0.3 is 5.32 Å². The van der Waals surface area contributed by atoms with Gasteiger partial charge in [0, 0.05) is 6.04 Å². The van der Waals surface area contributed by atoms with E-state index in [0.29, 0.717) is 6.04 Å². The van der Waals surface area contributed by atoms with Crippen molar-refractivity contribution in [3.63, 3.8) is 0 Å². The predicted octanol–water partition coefficient (Wildman–Crippen LogP) is 1.67. The van der Waals surface area contributed by atoms with Crippen LogP contribution in [0.4, 0.5) is 0 Å². The fraction of sp³-hybridized carbons (Fsp3) is 0.900. The Kier molecular flexibility index (Phi) is 4.68. The third-order valence-electron chi connectivity index (χ3n) is 2.46. The zero-order valence-electron chi connectivity index (χ0n) is 9.99. The van der Waals surface area contributed by atoms with Crippen LogP contribution in [0.15, 0.2) is 0 Å². The van der Waals surface area contributed by atoms with Crippen molar-refractivity contribution in [3.05, 3.63) is 5.82 Å². The highest BCUT2D eigenvalue weighted by atomic mass is 15.5. The van der Waals surface area contributed by atoms with Crippen LogP contribution in [0.5, 0.6) is 0 Å². The average molecular weight is 211 g/mol. The number of rotatable bonds is 6. The molecule has 0 saturated heterocycles. The van der Waals surface area contributed by atoms with E-state index >= 15 is 0 Å². The maximum Gasteiger partial charge on any atom is 0.191 e. The summed E-state index contributed by atoms with van der Waals surface area (Å²) < 4.78 is 0. The third kappa shape index (κ3) is 4.38. The van der Waals surface area contributed by atoms with Crippen molar-refractivity contribution < 1.29 is 0 Å². The van der Waals surface area contributed by atoms with E-state index in [0.717, 1.165) is 11.7 Å². The number of hydrogen-bond acceptors (Lipinski definition) is 4. The van der Waals surface area contributed by atoms with E-state index in [1.807, 2.05) is 0 Å². The number of nitrogens with one attached hydrogen (secondary N) is 2. The van der Waals surface area contributed by atoms with Crippen LogP contribution in [0.2, 0.25) is 0 Å². The molecule has 1 aromatic heterocycles. The molecule has 0 aliphatic carbocycles. The fourth-order valence-electron chi connectivity index (χ4n) is 1.52. The average Bonchev–Trinajstić information content (AvgIpc) is 2.67. The highest BCUT2D eigenvalue weighted by molar-refractivity contribution is 4.86. The van der Waals surface area contributed by atoms with Gasteiger partial charge in [0.25, 0.3) is 0 Å². The van der Waals surface area contributed by atoms with Gasteiger partial charge in [-0.2, -0.15) is 5.21 Å². The minimum absolute atomic E-state index is 0.158. The Morgan fingerprint density at radius 3 is 2.47 bits per heavy atom. The van der Waals surface area contributed by atoms with Crippen LogP contribution in [0.3, 0.4) is 0 Å². The van der Waals surface area contributed by atoms with E-state index < -0.39 is 0 Å². The molecule has 0 aliphatic heterocycles. The molecule has 5 heteroatoms. The molecule has 0 aliphatic rings. The van der Waals surface area contributed by atoms with Gasteiger partial charge in [0.1, 0.15) is 0 Å². The standard InChI is InChI=1S/C10H21N5/c1-7(2)5-6-8(3)11-9(4)10-12-14-15-13-10/h7-9,11H,5-6H2,1-4H3,(H,12,13,14,15). The van der Waals surface area contributed by atoms with Crippen molar-refractivity contribution in [1.29, 1.82) is 0 Å². The molecule has 0 radical (unpaired) electrons. The molecular weight excluding hydrogens is 190 g/mol. The first-order valence-corrected chi connectivity index (χ1v) is 5.59. The smallest absolute Gasteiger partial charge is 0.191 e. The van der Waals surface area contributed by atoms with Crippen molar-refractivity contribution in [2.24, 2.45) is 5.92 Å².